The van der Waals surface area contributed by atoms with Crippen LogP contribution in [0.25, 0.3) is 0 Å². The maximum absolute atomic E-state index is 11.0. The van der Waals surface area contributed by atoms with E-state index in [1.165, 1.54) is 0 Å². The predicted molar refractivity (Wildman–Crippen MR) is 55.5 cm³/mol. The van der Waals surface area contributed by atoms with Crippen LogP contribution in [0, 0.1) is 0 Å². The Bertz CT molecular complexity index is 253. The summed E-state index contributed by atoms with van der Waals surface area (Å²) < 4.78 is 0. The van der Waals surface area contributed by atoms with Gasteiger partial charge in [-0.1, -0.05) is 0 Å². The molecule has 1 aliphatic rings. The molecule has 0 spiro atoms. The number of hydrogen-bond donors (Lipinski definition) is 2. The van der Waals surface area contributed by atoms with Crippen molar-refractivity contribution in [2.75, 3.05) is 13.1 Å². The van der Waals surface area contributed by atoms with E-state index in [2.05, 4.69) is 5.32 Å². The zero-order valence-corrected chi connectivity index (χ0v) is 9.19. The molecule has 0 saturated carbocycles. The fourth-order valence-corrected chi connectivity index (χ4v) is 1.73. The first-order valence-electron chi connectivity index (χ1n) is 5.24. The van der Waals surface area contributed by atoms with Gasteiger partial charge in [-0.05, 0) is 20.3 Å². The van der Waals surface area contributed by atoms with Crippen molar-refractivity contribution in [3.63, 3.8) is 0 Å². The zero-order valence-electron chi connectivity index (χ0n) is 9.19. The van der Waals surface area contributed by atoms with Gasteiger partial charge in [-0.15, -0.1) is 0 Å². The number of hydrogen-bond acceptors (Lipinski definition) is 3. The van der Waals surface area contributed by atoms with Crippen LogP contribution in [0.4, 0.5) is 0 Å². The fraction of sp³-hybridized carbons (Fsp3) is 0.800. The molecule has 0 aromatic carbocycles. The fourth-order valence-electron chi connectivity index (χ4n) is 1.73. The van der Waals surface area contributed by atoms with Gasteiger partial charge in [-0.25, -0.2) is 0 Å². The van der Waals surface area contributed by atoms with Gasteiger partial charge in [0.2, 0.25) is 5.91 Å². The second-order valence-corrected chi connectivity index (χ2v) is 4.22. The van der Waals surface area contributed by atoms with E-state index in [0.717, 1.165) is 6.42 Å². The van der Waals surface area contributed by atoms with Crippen LogP contribution in [0.5, 0.6) is 0 Å². The molecule has 1 saturated heterocycles. The molecule has 5 heteroatoms. The molecule has 1 atom stereocenters. The molecule has 0 radical (unpaired) electrons. The van der Waals surface area contributed by atoms with Crippen LogP contribution < -0.4 is 5.32 Å². The maximum Gasteiger partial charge on any atom is 0.317 e. The Morgan fingerprint density at radius 2 is 2.33 bits per heavy atom. The van der Waals surface area contributed by atoms with E-state index in [9.17, 15) is 9.59 Å². The summed E-state index contributed by atoms with van der Waals surface area (Å²) in [5.74, 6) is -0.757. The summed E-state index contributed by atoms with van der Waals surface area (Å²) in [6.07, 6.45) is 1.37. The van der Waals surface area contributed by atoms with Gasteiger partial charge in [0.25, 0.3) is 0 Å². The molecule has 1 fully saturated rings. The van der Waals surface area contributed by atoms with Gasteiger partial charge in [-0.2, -0.15) is 0 Å². The number of aliphatic carboxylic acids is 1. The standard InChI is InChI=1S/C10H18N2O3/c1-7(2)12(6-10(14)15)5-8-3-4-9(13)11-8/h7-8H,3-6H2,1-2H3,(H,11,13)(H,14,15). The highest BCUT2D eigenvalue weighted by atomic mass is 16.4. The molecule has 1 rings (SSSR count). The van der Waals surface area contributed by atoms with Crippen molar-refractivity contribution in [1.29, 1.82) is 0 Å². The van der Waals surface area contributed by atoms with E-state index in [0.29, 0.717) is 13.0 Å². The lowest BCUT2D eigenvalue weighted by atomic mass is 10.2. The molecule has 1 heterocycles. The number of amides is 1. The summed E-state index contributed by atoms with van der Waals surface area (Å²) in [5, 5.41) is 11.6. The van der Waals surface area contributed by atoms with Crippen LogP contribution in [0.3, 0.4) is 0 Å². The molecule has 1 amide bonds. The Morgan fingerprint density at radius 3 is 2.73 bits per heavy atom. The number of nitrogens with zero attached hydrogens (tertiary/aromatic N) is 1. The number of nitrogens with one attached hydrogen (secondary N) is 1. The van der Waals surface area contributed by atoms with Gasteiger partial charge in [0.05, 0.1) is 6.54 Å². The molecule has 0 aromatic heterocycles. The topological polar surface area (TPSA) is 69.6 Å². The lowest BCUT2D eigenvalue weighted by Gasteiger charge is -2.27. The molecular formula is C10H18N2O3. The molecule has 1 unspecified atom stereocenters. The highest BCUT2D eigenvalue weighted by Gasteiger charge is 2.24. The van der Waals surface area contributed by atoms with E-state index < -0.39 is 5.97 Å². The molecule has 1 aliphatic heterocycles. The minimum atomic E-state index is -0.826. The molecule has 0 aromatic rings. The minimum Gasteiger partial charge on any atom is -0.480 e. The second kappa shape index (κ2) is 5.11. The average molecular weight is 214 g/mol. The largest absolute Gasteiger partial charge is 0.480 e. The van der Waals surface area contributed by atoms with Crippen LogP contribution >= 0.6 is 0 Å². The lowest BCUT2D eigenvalue weighted by Crippen LogP contribution is -2.44. The minimum absolute atomic E-state index is 0.0318. The first kappa shape index (κ1) is 12.0. The van der Waals surface area contributed by atoms with Gasteiger partial charge < -0.3 is 10.4 Å². The second-order valence-electron chi connectivity index (χ2n) is 4.22. The number of rotatable bonds is 5. The monoisotopic (exact) mass is 214 g/mol. The van der Waals surface area contributed by atoms with Crippen molar-refractivity contribution in [2.45, 2.75) is 38.8 Å². The summed E-state index contributed by atoms with van der Waals surface area (Å²) >= 11 is 0. The van der Waals surface area contributed by atoms with Gasteiger partial charge >= 0.3 is 5.97 Å². The van der Waals surface area contributed by atoms with Crippen LogP contribution in [0.2, 0.25) is 0 Å². The van der Waals surface area contributed by atoms with Crippen LogP contribution in [0.1, 0.15) is 26.7 Å². The third kappa shape index (κ3) is 3.87. The Morgan fingerprint density at radius 1 is 1.67 bits per heavy atom. The maximum atomic E-state index is 11.0. The SMILES string of the molecule is CC(C)N(CC(=O)O)CC1CCC(=O)N1. The quantitative estimate of drug-likeness (QED) is 0.679. The summed E-state index contributed by atoms with van der Waals surface area (Å²) in [7, 11) is 0. The highest BCUT2D eigenvalue weighted by Crippen LogP contribution is 2.10. The van der Waals surface area contributed by atoms with E-state index in [1.807, 2.05) is 18.7 Å². The lowest BCUT2D eigenvalue weighted by molar-refractivity contribution is -0.138. The molecule has 2 N–H and O–H groups in total. The third-order valence-electron chi connectivity index (χ3n) is 2.61. The highest BCUT2D eigenvalue weighted by molar-refractivity contribution is 5.78. The molecule has 15 heavy (non-hydrogen) atoms. The summed E-state index contributed by atoms with van der Waals surface area (Å²) in [5.41, 5.74) is 0. The smallest absolute Gasteiger partial charge is 0.317 e. The number of carbonyl (C=O) groups is 2. The third-order valence-corrected chi connectivity index (χ3v) is 2.61. The van der Waals surface area contributed by atoms with E-state index in [1.54, 1.807) is 0 Å². The summed E-state index contributed by atoms with van der Waals surface area (Å²) in [4.78, 5) is 23.5. The van der Waals surface area contributed by atoms with Crippen molar-refractivity contribution in [3.8, 4) is 0 Å². The number of carboxylic acid groups (broad SMARTS) is 1. The van der Waals surface area contributed by atoms with Crippen molar-refractivity contribution in [1.82, 2.24) is 10.2 Å². The summed E-state index contributed by atoms with van der Waals surface area (Å²) in [6, 6.07) is 0.290. The van der Waals surface area contributed by atoms with Crippen LogP contribution in [-0.4, -0.2) is 47.1 Å². The molecular weight excluding hydrogens is 196 g/mol. The Hall–Kier alpha value is -1.10. The van der Waals surface area contributed by atoms with Crippen LogP contribution in [0.15, 0.2) is 0 Å². The first-order chi connectivity index (χ1) is 6.99. The Labute approximate surface area is 89.4 Å². The molecule has 86 valence electrons. The van der Waals surface area contributed by atoms with E-state index >= 15 is 0 Å². The van der Waals surface area contributed by atoms with E-state index in [-0.39, 0.29) is 24.5 Å². The van der Waals surface area contributed by atoms with Gasteiger partial charge in [0.15, 0.2) is 0 Å². The molecule has 0 aliphatic carbocycles. The van der Waals surface area contributed by atoms with Crippen molar-refractivity contribution >= 4 is 11.9 Å². The Kier molecular flexibility index (Phi) is 4.08. The normalized spacial score (nSPS) is 21.1. The van der Waals surface area contributed by atoms with Crippen molar-refractivity contribution in [2.24, 2.45) is 0 Å². The first-order valence-corrected chi connectivity index (χ1v) is 5.24. The van der Waals surface area contributed by atoms with Crippen molar-refractivity contribution < 1.29 is 14.7 Å². The van der Waals surface area contributed by atoms with Gasteiger partial charge in [-0.3, -0.25) is 14.5 Å². The van der Waals surface area contributed by atoms with Gasteiger partial charge in [0.1, 0.15) is 0 Å². The molecule has 0 bridgehead atoms. The number of carbonyl (C=O) groups excluding carboxylic acids is 1. The van der Waals surface area contributed by atoms with Gasteiger partial charge in [0, 0.05) is 25.0 Å². The predicted octanol–water partition coefficient (Wildman–Crippen LogP) is 0.0600. The zero-order chi connectivity index (χ0) is 11.4. The Balaban J connectivity index is 2.43. The van der Waals surface area contributed by atoms with Crippen LogP contribution in [-0.2, 0) is 9.59 Å². The van der Waals surface area contributed by atoms with E-state index in [4.69, 9.17) is 5.11 Å². The molecule has 5 nitrogen and oxygen atoms in total. The van der Waals surface area contributed by atoms with Crippen molar-refractivity contribution in [3.05, 3.63) is 0 Å². The number of carboxylic acids is 1. The average Bonchev–Trinajstić information content (AvgIpc) is 2.49. The summed E-state index contributed by atoms with van der Waals surface area (Å²) in [6.45, 7) is 4.57.